The second kappa shape index (κ2) is 29.7. The van der Waals surface area contributed by atoms with Crippen LogP contribution in [-0.2, 0) is 37.9 Å². The molecule has 28 heteroatoms. The lowest BCUT2D eigenvalue weighted by molar-refractivity contribution is -0.461. The minimum Gasteiger partial charge on any atom is -0.356 e. The highest BCUT2D eigenvalue weighted by Crippen LogP contribution is 2.71. The Balaban J connectivity index is 0.000000347. The Bertz CT molecular complexity index is 2300. The van der Waals surface area contributed by atoms with E-state index in [1.54, 1.807) is 21.0 Å². The maximum atomic E-state index is 15.8. The number of methoxy groups -OCH3 is 2. The van der Waals surface area contributed by atoms with Crippen LogP contribution in [0.2, 0.25) is 0 Å². The van der Waals surface area contributed by atoms with Gasteiger partial charge in [-0.15, -0.1) is 13.2 Å². The first kappa shape index (κ1) is 82.2. The molecule has 6 aliphatic carbocycles. The van der Waals surface area contributed by atoms with Crippen molar-refractivity contribution in [2.45, 2.75) is 282 Å². The maximum absolute atomic E-state index is 15.8. The predicted molar refractivity (Wildman–Crippen MR) is 302 cm³/mol. The van der Waals surface area contributed by atoms with Gasteiger partial charge in [0.2, 0.25) is 11.2 Å². The largest absolute Gasteiger partial charge is 0.456 e. The van der Waals surface area contributed by atoms with E-state index in [4.69, 9.17) is 33.2 Å². The lowest BCUT2D eigenvalue weighted by Gasteiger charge is -2.55. The first-order valence-corrected chi connectivity index (χ1v) is 31.8. The maximum Gasteiger partial charge on any atom is 0.456 e. The molecule has 0 radical (unpaired) electrons. The molecule has 0 aromatic rings. The molecule has 0 heterocycles. The molecule has 0 N–H and O–H groups in total. The Morgan fingerprint density at radius 1 is 0.478 bits per heavy atom. The topological polar surface area (TPSA) is 73.8 Å². The quantitative estimate of drug-likeness (QED) is 0.0417. The van der Waals surface area contributed by atoms with Crippen molar-refractivity contribution in [1.29, 1.82) is 0 Å². The molecule has 17 atom stereocenters. The zero-order valence-electron chi connectivity index (χ0n) is 55.2. The Morgan fingerprint density at radius 2 is 0.848 bits per heavy atom. The fourth-order valence-electron chi connectivity index (χ4n) is 17.2. The van der Waals surface area contributed by atoms with Crippen molar-refractivity contribution in [1.82, 2.24) is 0 Å². The van der Waals surface area contributed by atoms with Gasteiger partial charge in [0, 0.05) is 45.2 Å². The molecule has 0 saturated heterocycles. The van der Waals surface area contributed by atoms with Crippen LogP contribution in [0.1, 0.15) is 186 Å². The SMILES string of the molecule is C=CC1CC2CC1C(C(OC(C)OCCC)(C(F)(F)C(F)(F)F)C(F)(F)C(F)(F)F)C2.C=CC1CCCC1(C)OC(C)OC.CCCOC(C)OC(C1CC2CC1C(C(C)(C)CC(C)(CC)C1CCCC1(C)OC(C)OC)C2)(C(F)(F)C(F)(F)F)C(F)(F)C(F)(F)F. The third-order valence-corrected chi connectivity index (χ3v) is 21.3. The standard InChI is InChI=1S/C34H54F10O4.C19H24F10O2.C11H20O2/c1-10-15-46-21(4)48-30(31(35,36)33(39,40)41,32(37,38)34(42,43)44)25-18-22-16-23(25)24(17-22)27(5,6)19-28(7,11-2)26-13-12-14-29(26,8)47-20(3)45-9;1-4-6-30-10(3)31-15(16(20,21)18(24,25)26,17(22,23)19(27,28)29)14-9-11-7-12(5-2)13(14)8-11;1-5-10-7-6-8-11(10,3)13-9(2)12-4/h20-26H,10-19H2,1-9H3;5,10-14H,2,4,6-9H2,1,3H3;5,9-10H,1,6-8H2,2-4H3. The summed E-state index contributed by atoms with van der Waals surface area (Å²) in [5, 5.41) is 0. The van der Waals surface area contributed by atoms with Crippen LogP contribution in [0.3, 0.4) is 0 Å². The average molecular weight is 1380 g/mol. The number of hydrogen-bond donors (Lipinski definition) is 0. The molecule has 0 aromatic heterocycles. The number of allylic oxidation sites excluding steroid dienone is 1. The lowest BCUT2D eigenvalue weighted by atomic mass is 9.55. The average Bonchev–Trinajstić information content (AvgIpc) is 1.20. The van der Waals surface area contributed by atoms with Crippen LogP contribution < -0.4 is 0 Å². The molecule has 6 fully saturated rings. The van der Waals surface area contributed by atoms with E-state index in [1.807, 2.05) is 40.7 Å². The molecule has 6 aliphatic rings. The number of rotatable bonds is 29. The van der Waals surface area contributed by atoms with Crippen LogP contribution in [0.4, 0.5) is 87.8 Å². The second-order valence-electron chi connectivity index (χ2n) is 27.9. The summed E-state index contributed by atoms with van der Waals surface area (Å²) in [5.41, 5.74) is -12.5. The summed E-state index contributed by atoms with van der Waals surface area (Å²) in [6, 6.07) is 0. The predicted octanol–water partition coefficient (Wildman–Crippen LogP) is 20.5. The zero-order valence-corrected chi connectivity index (χ0v) is 55.2. The van der Waals surface area contributed by atoms with E-state index in [9.17, 15) is 70.2 Å². The molecular formula is C64H98F20O8. The fourth-order valence-corrected chi connectivity index (χ4v) is 17.2. The van der Waals surface area contributed by atoms with Gasteiger partial charge in [0.15, 0.2) is 25.2 Å². The van der Waals surface area contributed by atoms with E-state index < -0.39 is 155 Å². The molecule has 0 aromatic carbocycles. The molecule has 92 heavy (non-hydrogen) atoms. The summed E-state index contributed by atoms with van der Waals surface area (Å²) in [6.07, 6.45) is -22.4. The molecule has 0 spiro atoms. The fraction of sp³-hybridized carbons (Fsp3) is 0.938. The van der Waals surface area contributed by atoms with Crippen molar-refractivity contribution in [2.75, 3.05) is 27.4 Å². The molecule has 6 rings (SSSR count). The van der Waals surface area contributed by atoms with Crippen LogP contribution in [0.25, 0.3) is 0 Å². The Hall–Kier alpha value is -2.24. The van der Waals surface area contributed by atoms with Gasteiger partial charge in [0.05, 0.1) is 11.2 Å². The van der Waals surface area contributed by atoms with Gasteiger partial charge in [0.1, 0.15) is 0 Å². The van der Waals surface area contributed by atoms with Gasteiger partial charge in [-0.2, -0.15) is 87.8 Å². The van der Waals surface area contributed by atoms with Crippen LogP contribution in [0.5, 0.6) is 0 Å². The molecule has 4 bridgehead atoms. The molecule has 6 saturated carbocycles. The normalized spacial score (nSPS) is 31.3. The van der Waals surface area contributed by atoms with Gasteiger partial charge in [-0.1, -0.05) is 66.5 Å². The molecule has 17 unspecified atom stereocenters. The van der Waals surface area contributed by atoms with Crippen molar-refractivity contribution in [3.63, 3.8) is 0 Å². The molecule has 8 nitrogen and oxygen atoms in total. The minimum atomic E-state index is -6.79. The Morgan fingerprint density at radius 3 is 1.21 bits per heavy atom. The number of hydrogen-bond acceptors (Lipinski definition) is 8. The number of fused-ring (bicyclic) bond motifs is 4. The monoisotopic (exact) mass is 1370 g/mol. The second-order valence-corrected chi connectivity index (χ2v) is 27.9. The third kappa shape index (κ3) is 15.8. The number of halogens is 20. The highest BCUT2D eigenvalue weighted by molar-refractivity contribution is 5.22. The number of ether oxygens (including phenoxy) is 8. The summed E-state index contributed by atoms with van der Waals surface area (Å²) in [6.45, 7) is 26.7. The van der Waals surface area contributed by atoms with Crippen molar-refractivity contribution in [3.05, 3.63) is 25.3 Å². The third-order valence-electron chi connectivity index (χ3n) is 21.3. The lowest BCUT2D eigenvalue weighted by Crippen LogP contribution is -2.76. The van der Waals surface area contributed by atoms with E-state index in [0.717, 1.165) is 39.5 Å². The smallest absolute Gasteiger partial charge is 0.356 e. The highest BCUT2D eigenvalue weighted by atomic mass is 19.4. The summed E-state index contributed by atoms with van der Waals surface area (Å²) >= 11 is 0. The highest BCUT2D eigenvalue weighted by Gasteiger charge is 2.91. The van der Waals surface area contributed by atoms with Gasteiger partial charge in [-0.3, -0.25) is 0 Å². The van der Waals surface area contributed by atoms with Crippen LogP contribution >= 0.6 is 0 Å². The van der Waals surface area contributed by atoms with E-state index in [-0.39, 0.29) is 63.1 Å². The Labute approximate surface area is 529 Å². The van der Waals surface area contributed by atoms with E-state index in [1.165, 1.54) is 33.0 Å². The summed E-state index contributed by atoms with van der Waals surface area (Å²) < 4.78 is 330. The van der Waals surface area contributed by atoms with E-state index in [0.29, 0.717) is 25.2 Å². The molecule has 0 amide bonds. The summed E-state index contributed by atoms with van der Waals surface area (Å²) in [4.78, 5) is 0. The van der Waals surface area contributed by atoms with Crippen LogP contribution in [-0.4, -0.2) is 123 Å². The van der Waals surface area contributed by atoms with E-state index >= 15 is 17.6 Å². The van der Waals surface area contributed by atoms with Crippen molar-refractivity contribution >= 4 is 0 Å². The Kier molecular flexibility index (Phi) is 26.5. The van der Waals surface area contributed by atoms with Crippen molar-refractivity contribution in [2.24, 2.45) is 70.0 Å². The van der Waals surface area contributed by atoms with Gasteiger partial charge in [0.25, 0.3) is 0 Å². The van der Waals surface area contributed by atoms with Gasteiger partial charge >= 0.3 is 48.4 Å². The summed E-state index contributed by atoms with van der Waals surface area (Å²) in [5.74, 6) is -36.1. The van der Waals surface area contributed by atoms with Crippen LogP contribution in [0, 0.1) is 70.0 Å². The first-order valence-electron chi connectivity index (χ1n) is 31.8. The van der Waals surface area contributed by atoms with Crippen molar-refractivity contribution in [3.8, 4) is 0 Å². The van der Waals surface area contributed by atoms with Crippen molar-refractivity contribution < 1.29 is 126 Å². The zero-order chi connectivity index (χ0) is 70.9. The molecular weight excluding hydrogens is 1280 g/mol. The summed E-state index contributed by atoms with van der Waals surface area (Å²) in [7, 11) is 3.20. The van der Waals surface area contributed by atoms with Gasteiger partial charge < -0.3 is 37.9 Å². The molecule has 542 valence electrons. The van der Waals surface area contributed by atoms with Crippen LogP contribution in [0.15, 0.2) is 25.3 Å². The number of alkyl halides is 20. The molecule has 0 aliphatic heterocycles. The van der Waals surface area contributed by atoms with E-state index in [2.05, 4.69) is 31.7 Å². The van der Waals surface area contributed by atoms with Gasteiger partial charge in [-0.05, 0) is 184 Å². The first-order chi connectivity index (χ1) is 41.8. The van der Waals surface area contributed by atoms with Gasteiger partial charge in [-0.25, -0.2) is 0 Å². The minimum absolute atomic E-state index is 0.00984.